The number of aryl methyl sites for hydroxylation is 1. The molecule has 2 aromatic carbocycles. The first-order chi connectivity index (χ1) is 11.6. The van der Waals surface area contributed by atoms with Crippen molar-refractivity contribution in [3.05, 3.63) is 77.1 Å². The normalized spacial score (nSPS) is 10.2. The summed E-state index contributed by atoms with van der Waals surface area (Å²) in [6.07, 6.45) is -0.687. The molecule has 24 heavy (non-hydrogen) atoms. The maximum atomic E-state index is 12.1. The van der Waals surface area contributed by atoms with Crippen molar-refractivity contribution < 1.29 is 9.53 Å². The largest absolute Gasteiger partial charge is 0.417 e. The third kappa shape index (κ3) is 3.49. The van der Waals surface area contributed by atoms with Crippen molar-refractivity contribution in [3.8, 4) is 17.0 Å². The summed E-state index contributed by atoms with van der Waals surface area (Å²) in [5, 5.41) is 6.83. The zero-order chi connectivity index (χ0) is 16.9. The first-order valence-corrected chi connectivity index (χ1v) is 7.31. The number of aromatic nitrogens is 2. The van der Waals surface area contributed by atoms with Gasteiger partial charge in [0.1, 0.15) is 11.4 Å². The van der Waals surface area contributed by atoms with Gasteiger partial charge >= 0.3 is 6.09 Å². The zero-order valence-electron chi connectivity index (χ0n) is 13.0. The predicted molar refractivity (Wildman–Crippen MR) is 91.0 cm³/mol. The number of carbonyl (C=O) groups is 1. The molecule has 0 aliphatic carbocycles. The molecular weight excluding hydrogens is 306 g/mol. The van der Waals surface area contributed by atoms with E-state index >= 15 is 0 Å². The zero-order valence-corrected chi connectivity index (χ0v) is 13.0. The SMILES string of the molecule is Cn1nc(-c2ccccc2)c(NC(=O)Oc2ccccc2)cc1=O. The first-order valence-electron chi connectivity index (χ1n) is 7.31. The number of ether oxygens (including phenoxy) is 1. The lowest BCUT2D eigenvalue weighted by molar-refractivity contribution is 0.215. The fourth-order valence-corrected chi connectivity index (χ4v) is 2.17. The minimum atomic E-state index is -0.687. The molecule has 0 aliphatic rings. The van der Waals surface area contributed by atoms with Crippen LogP contribution in [0.2, 0.25) is 0 Å². The number of benzene rings is 2. The Bertz CT molecular complexity index is 906. The summed E-state index contributed by atoms with van der Waals surface area (Å²) in [5.74, 6) is 0.410. The Morgan fingerprint density at radius 2 is 1.67 bits per heavy atom. The molecule has 120 valence electrons. The molecule has 3 rings (SSSR count). The topological polar surface area (TPSA) is 73.2 Å². The van der Waals surface area contributed by atoms with Crippen LogP contribution in [0.4, 0.5) is 10.5 Å². The van der Waals surface area contributed by atoms with Gasteiger partial charge in [-0.05, 0) is 12.1 Å². The van der Waals surface area contributed by atoms with Gasteiger partial charge in [0.2, 0.25) is 0 Å². The highest BCUT2D eigenvalue weighted by molar-refractivity contribution is 5.91. The highest BCUT2D eigenvalue weighted by Gasteiger charge is 2.13. The molecule has 6 nitrogen and oxygen atoms in total. The third-order valence-electron chi connectivity index (χ3n) is 3.33. The lowest BCUT2D eigenvalue weighted by Gasteiger charge is -2.11. The lowest BCUT2D eigenvalue weighted by atomic mass is 10.1. The molecule has 0 aliphatic heterocycles. The van der Waals surface area contributed by atoms with Gasteiger partial charge < -0.3 is 4.74 Å². The van der Waals surface area contributed by atoms with E-state index in [0.29, 0.717) is 17.1 Å². The van der Waals surface area contributed by atoms with Gasteiger partial charge in [-0.15, -0.1) is 0 Å². The van der Waals surface area contributed by atoms with E-state index < -0.39 is 6.09 Å². The number of amides is 1. The van der Waals surface area contributed by atoms with Crippen molar-refractivity contribution in [3.63, 3.8) is 0 Å². The van der Waals surface area contributed by atoms with Crippen molar-refractivity contribution >= 4 is 11.8 Å². The molecular formula is C18H15N3O3. The van der Waals surface area contributed by atoms with Crippen molar-refractivity contribution in [1.82, 2.24) is 9.78 Å². The van der Waals surface area contributed by atoms with E-state index in [1.165, 1.54) is 10.7 Å². The number of nitrogens with zero attached hydrogens (tertiary/aromatic N) is 2. The summed E-state index contributed by atoms with van der Waals surface area (Å²) in [6, 6.07) is 19.3. The van der Waals surface area contributed by atoms with Gasteiger partial charge in [0.05, 0.1) is 5.69 Å². The van der Waals surface area contributed by atoms with Gasteiger partial charge in [0, 0.05) is 18.7 Å². The van der Waals surface area contributed by atoms with E-state index in [0.717, 1.165) is 5.56 Å². The summed E-state index contributed by atoms with van der Waals surface area (Å²) in [6.45, 7) is 0. The molecule has 0 bridgehead atoms. The van der Waals surface area contributed by atoms with Gasteiger partial charge in [-0.25, -0.2) is 9.48 Å². The molecule has 6 heteroatoms. The van der Waals surface area contributed by atoms with Crippen molar-refractivity contribution in [2.24, 2.45) is 7.05 Å². The number of hydrogen-bond acceptors (Lipinski definition) is 4. The smallest absolute Gasteiger partial charge is 0.410 e. The van der Waals surface area contributed by atoms with Crippen molar-refractivity contribution in [2.75, 3.05) is 5.32 Å². The molecule has 1 aromatic heterocycles. The number of nitrogens with one attached hydrogen (secondary N) is 1. The fourth-order valence-electron chi connectivity index (χ4n) is 2.17. The molecule has 0 unspecified atom stereocenters. The second kappa shape index (κ2) is 6.78. The summed E-state index contributed by atoms with van der Waals surface area (Å²) < 4.78 is 6.41. The number of carbonyl (C=O) groups excluding carboxylic acids is 1. The maximum absolute atomic E-state index is 12.1. The number of hydrogen-bond donors (Lipinski definition) is 1. The van der Waals surface area contributed by atoms with Gasteiger partial charge in [0.15, 0.2) is 0 Å². The molecule has 0 spiro atoms. The van der Waals surface area contributed by atoms with E-state index in [4.69, 9.17) is 4.74 Å². The molecule has 0 fully saturated rings. The Labute approximate surface area is 138 Å². The van der Waals surface area contributed by atoms with Crippen LogP contribution in [0, 0.1) is 0 Å². The quantitative estimate of drug-likeness (QED) is 0.804. The summed E-state index contributed by atoms with van der Waals surface area (Å²) in [7, 11) is 1.56. The Balaban J connectivity index is 1.91. The molecule has 3 aromatic rings. The first kappa shape index (κ1) is 15.5. The standard InChI is InChI=1S/C18H15N3O3/c1-21-16(22)12-15(17(20-21)13-8-4-2-5-9-13)19-18(23)24-14-10-6-3-7-11-14/h2-12H,1H3,(H,19,23). The summed E-state index contributed by atoms with van der Waals surface area (Å²) >= 11 is 0. The average Bonchev–Trinajstić information content (AvgIpc) is 2.59. The lowest BCUT2D eigenvalue weighted by Crippen LogP contribution is -2.24. The molecule has 0 saturated carbocycles. The summed E-state index contributed by atoms with van der Waals surface area (Å²) in [4.78, 5) is 24.0. The van der Waals surface area contributed by atoms with Crippen LogP contribution in [0.5, 0.6) is 5.75 Å². The number of para-hydroxylation sites is 1. The Kier molecular flexibility index (Phi) is 4.38. The van der Waals surface area contributed by atoms with E-state index in [9.17, 15) is 9.59 Å². The molecule has 0 saturated heterocycles. The second-order valence-electron chi connectivity index (χ2n) is 5.06. The highest BCUT2D eigenvalue weighted by atomic mass is 16.6. The maximum Gasteiger partial charge on any atom is 0.417 e. The Hall–Kier alpha value is -3.41. The van der Waals surface area contributed by atoms with Gasteiger partial charge in [-0.3, -0.25) is 10.1 Å². The summed E-state index contributed by atoms with van der Waals surface area (Å²) in [5.41, 5.74) is 1.24. The molecule has 0 radical (unpaired) electrons. The van der Waals surface area contributed by atoms with Crippen LogP contribution in [0.3, 0.4) is 0 Å². The predicted octanol–water partition coefficient (Wildman–Crippen LogP) is 3.06. The van der Waals surface area contributed by atoms with Crippen LogP contribution in [0.15, 0.2) is 71.5 Å². The minimum Gasteiger partial charge on any atom is -0.410 e. The molecule has 0 atom stereocenters. The van der Waals surface area contributed by atoms with Crippen LogP contribution in [0.25, 0.3) is 11.3 Å². The second-order valence-corrected chi connectivity index (χ2v) is 5.06. The van der Waals surface area contributed by atoms with E-state index in [1.807, 2.05) is 36.4 Å². The van der Waals surface area contributed by atoms with Gasteiger partial charge in [0.25, 0.3) is 5.56 Å². The van der Waals surface area contributed by atoms with Crippen LogP contribution < -0.4 is 15.6 Å². The van der Waals surface area contributed by atoms with Crippen LogP contribution in [-0.4, -0.2) is 15.9 Å². The Morgan fingerprint density at radius 1 is 1.04 bits per heavy atom. The fraction of sp³-hybridized carbons (Fsp3) is 0.0556. The van der Waals surface area contributed by atoms with Crippen molar-refractivity contribution in [1.29, 1.82) is 0 Å². The van der Waals surface area contributed by atoms with E-state index in [2.05, 4.69) is 10.4 Å². The van der Waals surface area contributed by atoms with Crippen molar-refractivity contribution in [2.45, 2.75) is 0 Å². The van der Waals surface area contributed by atoms with E-state index in [1.54, 1.807) is 31.3 Å². The van der Waals surface area contributed by atoms with Crippen LogP contribution in [-0.2, 0) is 7.05 Å². The number of anilines is 1. The number of rotatable bonds is 3. The Morgan fingerprint density at radius 3 is 2.33 bits per heavy atom. The van der Waals surface area contributed by atoms with E-state index in [-0.39, 0.29) is 5.56 Å². The highest BCUT2D eigenvalue weighted by Crippen LogP contribution is 2.24. The molecule has 1 N–H and O–H groups in total. The van der Waals surface area contributed by atoms with Gasteiger partial charge in [-0.1, -0.05) is 48.5 Å². The molecule has 1 heterocycles. The van der Waals surface area contributed by atoms with Gasteiger partial charge in [-0.2, -0.15) is 5.10 Å². The minimum absolute atomic E-state index is 0.297. The van der Waals surface area contributed by atoms with Crippen LogP contribution >= 0.6 is 0 Å². The van der Waals surface area contributed by atoms with Crippen LogP contribution in [0.1, 0.15) is 0 Å². The monoisotopic (exact) mass is 321 g/mol. The third-order valence-corrected chi connectivity index (χ3v) is 3.33. The molecule has 1 amide bonds. The average molecular weight is 321 g/mol.